The van der Waals surface area contributed by atoms with Gasteiger partial charge in [0.2, 0.25) is 0 Å². The number of hydrogen-bond acceptors (Lipinski definition) is 0. The SMILES string of the molecule is ClC1CCCC(Cl)C1. The van der Waals surface area contributed by atoms with E-state index < -0.39 is 0 Å². The van der Waals surface area contributed by atoms with Crippen LogP contribution in [0.3, 0.4) is 0 Å². The largest absolute Gasteiger partial charge is 0.123 e. The zero-order valence-electron chi connectivity index (χ0n) is 4.74. The Kier molecular flexibility index (Phi) is 2.45. The molecule has 1 aliphatic carbocycles. The third kappa shape index (κ3) is 1.83. The average molecular weight is 153 g/mol. The number of hydrogen-bond donors (Lipinski definition) is 0. The Morgan fingerprint density at radius 2 is 1.50 bits per heavy atom. The summed E-state index contributed by atoms with van der Waals surface area (Å²) in [5, 5.41) is 0.706. The van der Waals surface area contributed by atoms with E-state index >= 15 is 0 Å². The van der Waals surface area contributed by atoms with Crippen LogP contribution in [-0.4, -0.2) is 10.8 Å². The molecule has 0 aromatic rings. The quantitative estimate of drug-likeness (QED) is 0.469. The van der Waals surface area contributed by atoms with Crippen LogP contribution in [0.1, 0.15) is 25.7 Å². The monoisotopic (exact) mass is 152 g/mol. The van der Waals surface area contributed by atoms with Crippen LogP contribution in [0.2, 0.25) is 0 Å². The first kappa shape index (κ1) is 6.70. The molecule has 0 amide bonds. The molecule has 0 radical (unpaired) electrons. The fraction of sp³-hybridized carbons (Fsp3) is 1.00. The van der Waals surface area contributed by atoms with Crippen molar-refractivity contribution >= 4 is 23.2 Å². The Labute approximate surface area is 60.2 Å². The van der Waals surface area contributed by atoms with E-state index in [1.165, 1.54) is 6.42 Å². The maximum absolute atomic E-state index is 5.83. The van der Waals surface area contributed by atoms with Gasteiger partial charge in [0, 0.05) is 10.8 Å². The second-order valence-corrected chi connectivity index (χ2v) is 3.60. The molecule has 0 bridgehead atoms. The molecule has 1 rings (SSSR count). The molecule has 2 heteroatoms. The van der Waals surface area contributed by atoms with E-state index in [1.54, 1.807) is 0 Å². The molecule has 8 heavy (non-hydrogen) atoms. The first-order valence-electron chi connectivity index (χ1n) is 3.07. The van der Waals surface area contributed by atoms with Crippen molar-refractivity contribution in [3.63, 3.8) is 0 Å². The summed E-state index contributed by atoms with van der Waals surface area (Å²) in [7, 11) is 0. The zero-order valence-corrected chi connectivity index (χ0v) is 6.25. The lowest BCUT2D eigenvalue weighted by Gasteiger charge is -2.19. The van der Waals surface area contributed by atoms with E-state index in [-0.39, 0.29) is 0 Å². The fourth-order valence-corrected chi connectivity index (χ4v) is 1.90. The van der Waals surface area contributed by atoms with Gasteiger partial charge < -0.3 is 0 Å². The molecule has 0 aromatic carbocycles. The van der Waals surface area contributed by atoms with Crippen molar-refractivity contribution in [1.82, 2.24) is 0 Å². The standard InChI is InChI=1S/C6H10Cl2/c7-5-2-1-3-6(8)4-5/h5-6H,1-4H2. The number of rotatable bonds is 0. The smallest absolute Gasteiger partial charge is 0.0350 e. The van der Waals surface area contributed by atoms with Crippen molar-refractivity contribution in [3.05, 3.63) is 0 Å². The molecule has 0 saturated heterocycles. The molecule has 0 aliphatic heterocycles. The Morgan fingerprint density at radius 1 is 1.00 bits per heavy atom. The van der Waals surface area contributed by atoms with Crippen LogP contribution in [0.15, 0.2) is 0 Å². The van der Waals surface area contributed by atoms with E-state index in [4.69, 9.17) is 23.2 Å². The number of alkyl halides is 2. The maximum atomic E-state index is 5.83. The predicted octanol–water partition coefficient (Wildman–Crippen LogP) is 2.78. The van der Waals surface area contributed by atoms with Crippen LogP contribution < -0.4 is 0 Å². The molecule has 1 fully saturated rings. The van der Waals surface area contributed by atoms with Crippen molar-refractivity contribution in [2.75, 3.05) is 0 Å². The summed E-state index contributed by atoms with van der Waals surface area (Å²) in [6.45, 7) is 0. The Morgan fingerprint density at radius 3 is 1.75 bits per heavy atom. The lowest BCUT2D eigenvalue weighted by Crippen LogP contribution is -2.14. The summed E-state index contributed by atoms with van der Waals surface area (Å²) in [5.41, 5.74) is 0. The highest BCUT2D eigenvalue weighted by Crippen LogP contribution is 2.25. The summed E-state index contributed by atoms with van der Waals surface area (Å²) >= 11 is 11.7. The molecule has 48 valence electrons. The lowest BCUT2D eigenvalue weighted by atomic mass is 10.00. The first-order chi connectivity index (χ1) is 3.79. The van der Waals surface area contributed by atoms with E-state index in [0.29, 0.717) is 10.8 Å². The minimum atomic E-state index is 0.353. The maximum Gasteiger partial charge on any atom is 0.0350 e. The van der Waals surface area contributed by atoms with Gasteiger partial charge in [-0.05, 0) is 19.3 Å². The van der Waals surface area contributed by atoms with E-state index in [0.717, 1.165) is 19.3 Å². The molecule has 0 spiro atoms. The Hall–Kier alpha value is 0.580. The Bertz CT molecular complexity index is 64.9. The fourth-order valence-electron chi connectivity index (χ4n) is 1.07. The summed E-state index contributed by atoms with van der Waals surface area (Å²) < 4.78 is 0. The van der Waals surface area contributed by atoms with Crippen molar-refractivity contribution in [3.8, 4) is 0 Å². The van der Waals surface area contributed by atoms with Gasteiger partial charge in [0.15, 0.2) is 0 Å². The molecular formula is C6H10Cl2. The highest BCUT2D eigenvalue weighted by Gasteiger charge is 2.17. The summed E-state index contributed by atoms with van der Waals surface area (Å²) in [5.74, 6) is 0. The van der Waals surface area contributed by atoms with Crippen LogP contribution in [0.25, 0.3) is 0 Å². The van der Waals surface area contributed by atoms with Crippen LogP contribution in [0.5, 0.6) is 0 Å². The van der Waals surface area contributed by atoms with Crippen LogP contribution in [0, 0.1) is 0 Å². The second kappa shape index (κ2) is 2.93. The molecule has 1 aliphatic rings. The van der Waals surface area contributed by atoms with Gasteiger partial charge in [-0.2, -0.15) is 0 Å². The van der Waals surface area contributed by atoms with E-state index in [1.807, 2.05) is 0 Å². The van der Waals surface area contributed by atoms with Crippen molar-refractivity contribution in [1.29, 1.82) is 0 Å². The summed E-state index contributed by atoms with van der Waals surface area (Å²) in [6, 6.07) is 0. The van der Waals surface area contributed by atoms with Gasteiger partial charge in [0.05, 0.1) is 0 Å². The summed E-state index contributed by atoms with van der Waals surface area (Å²) in [6.07, 6.45) is 4.53. The van der Waals surface area contributed by atoms with Gasteiger partial charge in [-0.15, -0.1) is 23.2 Å². The highest BCUT2D eigenvalue weighted by molar-refractivity contribution is 6.23. The molecule has 0 N–H and O–H groups in total. The topological polar surface area (TPSA) is 0 Å². The number of halogens is 2. The second-order valence-electron chi connectivity index (χ2n) is 2.36. The highest BCUT2D eigenvalue weighted by atomic mass is 35.5. The lowest BCUT2D eigenvalue weighted by molar-refractivity contribution is 0.517. The van der Waals surface area contributed by atoms with Crippen molar-refractivity contribution in [2.45, 2.75) is 36.4 Å². The third-order valence-electron chi connectivity index (χ3n) is 1.55. The molecule has 1 saturated carbocycles. The van der Waals surface area contributed by atoms with Gasteiger partial charge in [0.25, 0.3) is 0 Å². The first-order valence-corrected chi connectivity index (χ1v) is 3.94. The molecular weight excluding hydrogens is 143 g/mol. The van der Waals surface area contributed by atoms with Crippen LogP contribution in [0.4, 0.5) is 0 Å². The van der Waals surface area contributed by atoms with Crippen LogP contribution >= 0.6 is 23.2 Å². The molecule has 0 heterocycles. The minimum absolute atomic E-state index is 0.353. The van der Waals surface area contributed by atoms with Crippen molar-refractivity contribution in [2.24, 2.45) is 0 Å². The molecule has 0 aromatic heterocycles. The van der Waals surface area contributed by atoms with Gasteiger partial charge in [-0.3, -0.25) is 0 Å². The molecule has 0 nitrogen and oxygen atoms in total. The van der Waals surface area contributed by atoms with E-state index in [9.17, 15) is 0 Å². The molecule has 2 atom stereocenters. The van der Waals surface area contributed by atoms with Gasteiger partial charge >= 0.3 is 0 Å². The van der Waals surface area contributed by atoms with E-state index in [2.05, 4.69) is 0 Å². The average Bonchev–Trinajstić information content (AvgIpc) is 1.64. The zero-order chi connectivity index (χ0) is 5.98. The minimum Gasteiger partial charge on any atom is -0.123 e. The predicted molar refractivity (Wildman–Crippen MR) is 37.8 cm³/mol. The van der Waals surface area contributed by atoms with Crippen molar-refractivity contribution < 1.29 is 0 Å². The summed E-state index contributed by atoms with van der Waals surface area (Å²) in [4.78, 5) is 0. The van der Waals surface area contributed by atoms with Gasteiger partial charge in [0.1, 0.15) is 0 Å². The normalized spacial score (nSPS) is 39.8. The van der Waals surface area contributed by atoms with Crippen LogP contribution in [-0.2, 0) is 0 Å². The van der Waals surface area contributed by atoms with Gasteiger partial charge in [-0.1, -0.05) is 6.42 Å². The Balaban J connectivity index is 2.23. The third-order valence-corrected chi connectivity index (χ3v) is 2.34. The van der Waals surface area contributed by atoms with Gasteiger partial charge in [-0.25, -0.2) is 0 Å². The molecule has 2 unspecified atom stereocenters.